The smallest absolute Gasteiger partial charge is 0.294 e. The number of halogens is 2. The van der Waals surface area contributed by atoms with E-state index in [1.807, 2.05) is 6.08 Å². The number of nitrogens with two attached hydrogens (primary N) is 1. The monoisotopic (exact) mass is 382 g/mol. The molecule has 4 rings (SSSR count). The maximum atomic E-state index is 14.0. The van der Waals surface area contributed by atoms with Crippen molar-refractivity contribution in [1.29, 1.82) is 0 Å². The lowest BCUT2D eigenvalue weighted by molar-refractivity contribution is -0.140. The second-order valence-electron chi connectivity index (χ2n) is 6.68. The molecule has 28 heavy (non-hydrogen) atoms. The zero-order valence-electron chi connectivity index (χ0n) is 14.9. The Morgan fingerprint density at radius 2 is 1.86 bits per heavy atom. The molecule has 0 bridgehead atoms. The number of carbonyl (C=O) groups excluding carboxylic acids is 2. The quantitative estimate of drug-likeness (QED) is 0.649. The second kappa shape index (κ2) is 6.60. The second-order valence-corrected chi connectivity index (χ2v) is 6.68. The number of likely N-dealkylation sites (N-methyl/N-ethyl adjacent to an activating group) is 1. The van der Waals surface area contributed by atoms with Gasteiger partial charge in [0.05, 0.1) is 5.92 Å². The summed E-state index contributed by atoms with van der Waals surface area (Å²) in [5.41, 5.74) is 8.26. The van der Waals surface area contributed by atoms with Crippen LogP contribution in [0.3, 0.4) is 0 Å². The van der Waals surface area contributed by atoms with Gasteiger partial charge in [-0.25, -0.2) is 8.78 Å². The van der Waals surface area contributed by atoms with Crippen molar-refractivity contribution in [3.63, 3.8) is 0 Å². The minimum atomic E-state index is -0.828. The molecule has 7 heteroatoms. The molecule has 1 amide bonds. The summed E-state index contributed by atoms with van der Waals surface area (Å²) < 4.78 is 32.8. The molecule has 0 spiro atoms. The van der Waals surface area contributed by atoms with Gasteiger partial charge in [-0.2, -0.15) is 0 Å². The van der Waals surface area contributed by atoms with Crippen molar-refractivity contribution >= 4 is 23.0 Å². The zero-order chi connectivity index (χ0) is 20.0. The summed E-state index contributed by atoms with van der Waals surface area (Å²) in [5, 5.41) is 0. The van der Waals surface area contributed by atoms with Crippen molar-refractivity contribution in [2.24, 2.45) is 5.92 Å². The highest BCUT2D eigenvalue weighted by molar-refractivity contribution is 6.40. The molecule has 2 N–H and O–H groups in total. The van der Waals surface area contributed by atoms with E-state index in [-0.39, 0.29) is 5.75 Å². The van der Waals surface area contributed by atoms with Gasteiger partial charge in [-0.1, -0.05) is 6.08 Å². The first kappa shape index (κ1) is 17.9. The molecule has 0 radical (unpaired) electrons. The molecule has 142 valence electrons. The van der Waals surface area contributed by atoms with Crippen molar-refractivity contribution in [3.05, 3.63) is 71.4 Å². The lowest BCUT2D eigenvalue weighted by Crippen LogP contribution is -2.21. The molecule has 5 nitrogen and oxygen atoms in total. The number of benzene rings is 2. The van der Waals surface area contributed by atoms with Crippen LogP contribution in [0.5, 0.6) is 11.5 Å². The van der Waals surface area contributed by atoms with Gasteiger partial charge in [0, 0.05) is 30.1 Å². The van der Waals surface area contributed by atoms with Gasteiger partial charge in [0.15, 0.2) is 11.6 Å². The highest BCUT2D eigenvalue weighted by Crippen LogP contribution is 2.40. The first-order valence-corrected chi connectivity index (χ1v) is 8.61. The minimum absolute atomic E-state index is 0.127. The normalized spacial score (nSPS) is 18.7. The van der Waals surface area contributed by atoms with Gasteiger partial charge in [0.2, 0.25) is 5.78 Å². The van der Waals surface area contributed by atoms with E-state index >= 15 is 0 Å². The fourth-order valence-electron chi connectivity index (χ4n) is 3.41. The largest absolute Gasteiger partial charge is 0.454 e. The number of ether oxygens (including phenoxy) is 1. The van der Waals surface area contributed by atoms with Crippen molar-refractivity contribution in [3.8, 4) is 11.5 Å². The number of nitrogen functional groups attached to an aromatic ring is 1. The van der Waals surface area contributed by atoms with Crippen molar-refractivity contribution in [2.45, 2.75) is 6.42 Å². The zero-order valence-corrected chi connectivity index (χ0v) is 14.9. The summed E-state index contributed by atoms with van der Waals surface area (Å²) in [5.74, 6) is -2.79. The molecule has 1 heterocycles. The average Bonchev–Trinajstić information content (AvgIpc) is 2.89. The van der Waals surface area contributed by atoms with Crippen molar-refractivity contribution < 1.29 is 23.1 Å². The molecular weight excluding hydrogens is 366 g/mol. The standard InChI is InChI=1S/C21H16F2N2O3/c1-25-17-8-11(2-5-14(17)20(26)21(25)27)15-10-13(24)4-7-18(15)28-19-6-3-12(22)9-16(19)23/h2-4,6-10,14H,5,24H2,1H3. The molecule has 1 aliphatic carbocycles. The van der Waals surface area contributed by atoms with Crippen molar-refractivity contribution in [1.82, 2.24) is 4.90 Å². The predicted octanol–water partition coefficient (Wildman–Crippen LogP) is 3.67. The number of hydrogen-bond acceptors (Lipinski definition) is 4. The number of ketones is 1. The third-order valence-corrected chi connectivity index (χ3v) is 4.88. The fourth-order valence-corrected chi connectivity index (χ4v) is 3.41. The highest BCUT2D eigenvalue weighted by Gasteiger charge is 2.42. The molecule has 1 saturated heterocycles. The Morgan fingerprint density at radius 3 is 2.61 bits per heavy atom. The summed E-state index contributed by atoms with van der Waals surface area (Å²) in [7, 11) is 1.56. The van der Waals surface area contributed by atoms with Crippen LogP contribution in [-0.4, -0.2) is 23.6 Å². The average molecular weight is 382 g/mol. The van der Waals surface area contributed by atoms with Gasteiger partial charge in [-0.05, 0) is 48.4 Å². The number of amides is 1. The molecule has 2 aromatic carbocycles. The maximum Gasteiger partial charge on any atom is 0.294 e. The lowest BCUT2D eigenvalue weighted by atomic mass is 9.89. The first-order chi connectivity index (χ1) is 13.3. The highest BCUT2D eigenvalue weighted by atomic mass is 19.1. The SMILES string of the molecule is CN1C(=O)C(=O)C2CC=C(c3cc(N)ccc3Oc3ccc(F)cc3F)C=C21. The van der Waals surface area contributed by atoms with Crippen LogP contribution in [0.4, 0.5) is 14.5 Å². The van der Waals surface area contributed by atoms with Crippen LogP contribution in [-0.2, 0) is 9.59 Å². The van der Waals surface area contributed by atoms with E-state index < -0.39 is 29.2 Å². The van der Waals surface area contributed by atoms with E-state index in [4.69, 9.17) is 10.5 Å². The van der Waals surface area contributed by atoms with Gasteiger partial charge < -0.3 is 15.4 Å². The molecule has 2 aromatic rings. The number of carbonyl (C=O) groups is 2. The maximum absolute atomic E-state index is 14.0. The third kappa shape index (κ3) is 2.94. The van der Waals surface area contributed by atoms with Crippen LogP contribution >= 0.6 is 0 Å². The summed E-state index contributed by atoms with van der Waals surface area (Å²) >= 11 is 0. The van der Waals surface area contributed by atoms with Gasteiger partial charge in [-0.3, -0.25) is 9.59 Å². The van der Waals surface area contributed by atoms with Crippen LogP contribution in [0.25, 0.3) is 5.57 Å². The Bertz CT molecular complexity index is 1080. The van der Waals surface area contributed by atoms with Crippen LogP contribution in [0, 0.1) is 17.6 Å². The van der Waals surface area contributed by atoms with E-state index in [1.54, 1.807) is 31.3 Å². The minimum Gasteiger partial charge on any atom is -0.454 e. The number of fused-ring (bicyclic) bond motifs is 1. The van der Waals surface area contributed by atoms with E-state index in [2.05, 4.69) is 0 Å². The predicted molar refractivity (Wildman–Crippen MR) is 99.2 cm³/mol. The Hall–Kier alpha value is -3.48. The summed E-state index contributed by atoms with van der Waals surface area (Å²) in [6, 6.07) is 7.91. The van der Waals surface area contributed by atoms with Gasteiger partial charge in [-0.15, -0.1) is 0 Å². The number of Topliss-reactive ketones (excluding diaryl/α,β-unsaturated/α-hetero) is 1. The van der Waals surface area contributed by atoms with Gasteiger partial charge in [0.1, 0.15) is 11.6 Å². The summed E-state index contributed by atoms with van der Waals surface area (Å²) in [6.07, 6.45) is 3.93. The Labute approximate surface area is 159 Å². The van der Waals surface area contributed by atoms with E-state index in [9.17, 15) is 18.4 Å². The number of allylic oxidation sites excluding steroid dienone is 4. The number of anilines is 1. The van der Waals surface area contributed by atoms with E-state index in [0.717, 1.165) is 12.1 Å². The van der Waals surface area contributed by atoms with Gasteiger partial charge >= 0.3 is 0 Å². The Balaban J connectivity index is 1.74. The van der Waals surface area contributed by atoms with Crippen molar-refractivity contribution in [2.75, 3.05) is 12.8 Å². The molecule has 1 unspecified atom stereocenters. The first-order valence-electron chi connectivity index (χ1n) is 8.61. The Kier molecular flexibility index (Phi) is 4.22. The third-order valence-electron chi connectivity index (χ3n) is 4.88. The van der Waals surface area contributed by atoms with Crippen LogP contribution in [0.15, 0.2) is 54.2 Å². The van der Waals surface area contributed by atoms with Crippen LogP contribution in [0.1, 0.15) is 12.0 Å². The van der Waals surface area contributed by atoms with Crippen LogP contribution in [0.2, 0.25) is 0 Å². The molecule has 2 aliphatic rings. The molecule has 1 aliphatic heterocycles. The van der Waals surface area contributed by atoms with Gasteiger partial charge in [0.25, 0.3) is 5.91 Å². The van der Waals surface area contributed by atoms with E-state index in [1.165, 1.54) is 11.0 Å². The number of nitrogens with zero attached hydrogens (tertiary/aromatic N) is 1. The molecule has 0 aromatic heterocycles. The van der Waals surface area contributed by atoms with Crippen LogP contribution < -0.4 is 10.5 Å². The molecule has 1 fully saturated rings. The van der Waals surface area contributed by atoms with E-state index in [0.29, 0.717) is 34.7 Å². The lowest BCUT2D eigenvalue weighted by Gasteiger charge is -2.21. The molecule has 1 atom stereocenters. The number of hydrogen-bond donors (Lipinski definition) is 1. The molecular formula is C21H16F2N2O3. The molecule has 0 saturated carbocycles. The topological polar surface area (TPSA) is 72.6 Å². The Morgan fingerprint density at radius 1 is 1.11 bits per heavy atom. The fraction of sp³-hybridized carbons (Fsp3) is 0.143. The number of rotatable bonds is 3. The number of likely N-dealkylation sites (tertiary alicyclic amines) is 1. The summed E-state index contributed by atoms with van der Waals surface area (Å²) in [4.78, 5) is 25.3. The summed E-state index contributed by atoms with van der Waals surface area (Å²) in [6.45, 7) is 0.